The molecule has 1 saturated heterocycles. The normalized spacial score (nSPS) is 15.2. The van der Waals surface area contributed by atoms with Gasteiger partial charge in [0.05, 0.1) is 24.2 Å². The lowest BCUT2D eigenvalue weighted by molar-refractivity contribution is -0.142. The van der Waals surface area contributed by atoms with Gasteiger partial charge in [-0.3, -0.25) is 9.59 Å². The maximum atomic E-state index is 14.4. The number of carbonyl (C=O) groups is 2. The van der Waals surface area contributed by atoms with Gasteiger partial charge in [-0.15, -0.1) is 0 Å². The van der Waals surface area contributed by atoms with Gasteiger partial charge in [0, 0.05) is 37.2 Å². The van der Waals surface area contributed by atoms with Crippen molar-refractivity contribution in [2.75, 3.05) is 30.0 Å². The van der Waals surface area contributed by atoms with Crippen LogP contribution < -0.4 is 10.2 Å². The molecule has 11 heteroatoms. The van der Waals surface area contributed by atoms with Gasteiger partial charge < -0.3 is 20.1 Å². The molecule has 1 aliphatic rings. The highest BCUT2D eigenvalue weighted by Crippen LogP contribution is 2.37. The van der Waals surface area contributed by atoms with Crippen molar-refractivity contribution in [3.63, 3.8) is 0 Å². The van der Waals surface area contributed by atoms with Gasteiger partial charge in [0.15, 0.2) is 0 Å². The van der Waals surface area contributed by atoms with E-state index in [1.165, 1.54) is 12.1 Å². The molecule has 0 saturated carbocycles. The Morgan fingerprint density at radius 3 is 2.45 bits per heavy atom. The summed E-state index contributed by atoms with van der Waals surface area (Å²) in [7, 11) is 0. The molecule has 1 atom stereocenters. The fraction of sp³-hybridized carbons (Fsp3) is 0.517. The van der Waals surface area contributed by atoms with Gasteiger partial charge in [0.25, 0.3) is 0 Å². The summed E-state index contributed by atoms with van der Waals surface area (Å²) in [5.74, 6) is -3.04. The molecule has 0 spiro atoms. The van der Waals surface area contributed by atoms with E-state index in [9.17, 15) is 32.3 Å². The number of nitrogens with zero attached hydrogens (tertiary/aromatic N) is 1. The molecule has 2 aromatic rings. The minimum Gasteiger partial charge on any atom is -0.481 e. The van der Waals surface area contributed by atoms with Crippen LogP contribution in [0, 0.1) is 11.7 Å². The number of ether oxygens (including phenoxy) is 1. The quantitative estimate of drug-likeness (QED) is 0.257. The summed E-state index contributed by atoms with van der Waals surface area (Å²) >= 11 is 5.82. The van der Waals surface area contributed by atoms with Crippen molar-refractivity contribution in [1.82, 2.24) is 0 Å². The van der Waals surface area contributed by atoms with E-state index in [1.807, 2.05) is 0 Å². The van der Waals surface area contributed by atoms with Crippen LogP contribution in [0.25, 0.3) is 0 Å². The van der Waals surface area contributed by atoms with E-state index in [0.717, 1.165) is 18.9 Å². The minimum absolute atomic E-state index is 0.103. The maximum Gasteiger partial charge on any atom is 0.389 e. The summed E-state index contributed by atoms with van der Waals surface area (Å²) in [6.45, 7) is 5.91. The highest BCUT2D eigenvalue weighted by Gasteiger charge is 2.31. The summed E-state index contributed by atoms with van der Waals surface area (Å²) in [6.07, 6.45) is -5.25. The van der Waals surface area contributed by atoms with Crippen LogP contribution in [0.1, 0.15) is 63.0 Å². The topological polar surface area (TPSA) is 78.9 Å². The lowest BCUT2D eigenvalue weighted by Gasteiger charge is -2.38. The van der Waals surface area contributed by atoms with Crippen molar-refractivity contribution >= 4 is 34.9 Å². The number of anilines is 2. The van der Waals surface area contributed by atoms with Crippen LogP contribution >= 0.6 is 11.6 Å². The highest BCUT2D eigenvalue weighted by atomic mass is 35.5. The van der Waals surface area contributed by atoms with Crippen molar-refractivity contribution in [1.29, 1.82) is 0 Å². The zero-order valence-corrected chi connectivity index (χ0v) is 23.3. The van der Waals surface area contributed by atoms with Crippen molar-refractivity contribution in [3.05, 3.63) is 58.4 Å². The molecule has 0 aliphatic carbocycles. The van der Waals surface area contributed by atoms with Crippen molar-refractivity contribution < 1.29 is 37.0 Å². The molecular formula is C29H35ClF4N2O4. The summed E-state index contributed by atoms with van der Waals surface area (Å²) in [4.78, 5) is 26.8. The third kappa shape index (κ3) is 9.66. The van der Waals surface area contributed by atoms with Gasteiger partial charge in [-0.2, -0.15) is 13.2 Å². The van der Waals surface area contributed by atoms with Gasteiger partial charge in [-0.25, -0.2) is 4.39 Å². The lowest BCUT2D eigenvalue weighted by Crippen LogP contribution is -2.42. The van der Waals surface area contributed by atoms with E-state index in [2.05, 4.69) is 24.1 Å². The number of rotatable bonds is 12. The lowest BCUT2D eigenvalue weighted by atomic mass is 9.90. The number of carbonyl (C=O) groups excluding carboxylic acids is 1. The summed E-state index contributed by atoms with van der Waals surface area (Å²) in [5, 5.41) is 12.4. The average Bonchev–Trinajstić information content (AvgIpc) is 2.86. The Bertz CT molecular complexity index is 1170. The number of hydrogen-bond acceptors (Lipinski definition) is 4. The standard InChI is InChI=1S/C29H35ClF4N2O4/c1-18(2)17-36(23-8-11-40-12-9-23)26-6-4-19(20(15-28(38)39)7-10-29(32,33)34)13-25(26)35-27(37)14-21-3-5-22(30)16-24(21)31/h3-6,13,16,18,20,23H,7-12,14-15,17H2,1-2H3,(H,35,37)(H,38,39). The molecule has 1 heterocycles. The molecule has 3 rings (SSSR count). The van der Waals surface area contributed by atoms with Gasteiger partial charge in [-0.1, -0.05) is 37.6 Å². The van der Waals surface area contributed by atoms with Crippen LogP contribution in [-0.2, 0) is 20.7 Å². The number of halogens is 5. The van der Waals surface area contributed by atoms with Gasteiger partial charge in [-0.05, 0) is 66.5 Å². The number of hydrogen-bond donors (Lipinski definition) is 2. The van der Waals surface area contributed by atoms with Crippen molar-refractivity contribution in [2.24, 2.45) is 5.92 Å². The molecule has 2 aromatic carbocycles. The Kier molecular flexibility index (Phi) is 11.2. The van der Waals surface area contributed by atoms with E-state index in [0.29, 0.717) is 36.7 Å². The average molecular weight is 587 g/mol. The first-order valence-corrected chi connectivity index (χ1v) is 13.7. The Hall–Kier alpha value is -2.85. The smallest absolute Gasteiger partial charge is 0.389 e. The van der Waals surface area contributed by atoms with Gasteiger partial charge in [0.1, 0.15) is 5.82 Å². The first kappa shape index (κ1) is 31.7. The number of nitrogens with one attached hydrogen (secondary N) is 1. The largest absolute Gasteiger partial charge is 0.481 e. The summed E-state index contributed by atoms with van der Waals surface area (Å²) < 4.78 is 59.0. The van der Waals surface area contributed by atoms with Gasteiger partial charge in [0.2, 0.25) is 5.91 Å². The van der Waals surface area contributed by atoms with Crippen LogP contribution in [0.4, 0.5) is 28.9 Å². The second kappa shape index (κ2) is 14.2. The second-order valence-corrected chi connectivity index (χ2v) is 11.0. The van der Waals surface area contributed by atoms with Crippen LogP contribution in [0.2, 0.25) is 5.02 Å². The summed E-state index contributed by atoms with van der Waals surface area (Å²) in [5.41, 5.74) is 1.52. The summed E-state index contributed by atoms with van der Waals surface area (Å²) in [6, 6.07) is 9.04. The molecule has 1 unspecified atom stereocenters. The minimum atomic E-state index is -4.44. The zero-order chi connectivity index (χ0) is 29.4. The number of amides is 1. The van der Waals surface area contributed by atoms with Crippen molar-refractivity contribution in [3.8, 4) is 0 Å². The number of carboxylic acids is 1. The van der Waals surface area contributed by atoms with Crippen LogP contribution in [0.3, 0.4) is 0 Å². The van der Waals surface area contributed by atoms with Crippen molar-refractivity contribution in [2.45, 2.75) is 70.5 Å². The van der Waals surface area contributed by atoms with E-state index in [1.54, 1.807) is 18.2 Å². The zero-order valence-electron chi connectivity index (χ0n) is 22.6. The van der Waals surface area contributed by atoms with E-state index < -0.39 is 49.1 Å². The molecule has 0 radical (unpaired) electrons. The molecule has 40 heavy (non-hydrogen) atoms. The van der Waals surface area contributed by atoms with E-state index >= 15 is 0 Å². The molecule has 1 aliphatic heterocycles. The molecular weight excluding hydrogens is 552 g/mol. The number of benzene rings is 2. The molecule has 0 aromatic heterocycles. The number of carboxylic acid groups (broad SMARTS) is 1. The Morgan fingerprint density at radius 2 is 1.85 bits per heavy atom. The molecule has 1 fully saturated rings. The third-order valence-electron chi connectivity index (χ3n) is 6.83. The molecule has 1 amide bonds. The number of aliphatic carboxylic acids is 1. The Balaban J connectivity index is 2.01. The van der Waals surface area contributed by atoms with E-state index in [-0.39, 0.29) is 29.0 Å². The fourth-order valence-electron chi connectivity index (χ4n) is 4.96. The van der Waals surface area contributed by atoms with Crippen LogP contribution in [0.5, 0.6) is 0 Å². The van der Waals surface area contributed by atoms with Gasteiger partial charge >= 0.3 is 12.1 Å². The predicted molar refractivity (Wildman–Crippen MR) is 146 cm³/mol. The molecule has 220 valence electrons. The SMILES string of the molecule is CC(C)CN(c1ccc(C(CCC(F)(F)F)CC(=O)O)cc1NC(=O)Cc1ccc(Cl)cc1F)C1CCOCC1. The maximum absolute atomic E-state index is 14.4. The van der Waals surface area contributed by atoms with E-state index in [4.69, 9.17) is 16.3 Å². The first-order valence-electron chi connectivity index (χ1n) is 13.3. The first-order chi connectivity index (χ1) is 18.8. The van der Waals surface area contributed by atoms with Crippen LogP contribution in [0.15, 0.2) is 36.4 Å². The fourth-order valence-corrected chi connectivity index (χ4v) is 5.12. The molecule has 6 nitrogen and oxygen atoms in total. The Labute approximate surface area is 236 Å². The second-order valence-electron chi connectivity index (χ2n) is 10.6. The molecule has 2 N–H and O–H groups in total. The third-order valence-corrected chi connectivity index (χ3v) is 7.07. The monoisotopic (exact) mass is 586 g/mol. The predicted octanol–water partition coefficient (Wildman–Crippen LogP) is 7.20. The highest BCUT2D eigenvalue weighted by molar-refractivity contribution is 6.30. The Morgan fingerprint density at radius 1 is 1.15 bits per heavy atom. The molecule has 0 bridgehead atoms. The number of alkyl halides is 3. The van der Waals surface area contributed by atoms with Crippen LogP contribution in [-0.4, -0.2) is 49.0 Å².